The van der Waals surface area contributed by atoms with Gasteiger partial charge in [0.25, 0.3) is 0 Å². The third-order valence-corrected chi connectivity index (χ3v) is 4.89. The molecule has 3 rings (SSSR count). The second-order valence-electron chi connectivity index (χ2n) is 5.89. The molecule has 2 aliphatic carbocycles. The van der Waals surface area contributed by atoms with Gasteiger partial charge in [-0.05, 0) is 44.9 Å². The summed E-state index contributed by atoms with van der Waals surface area (Å²) in [4.78, 5) is 4.68. The minimum absolute atomic E-state index is 0.530. The Morgan fingerprint density at radius 1 is 1.41 bits per heavy atom. The highest BCUT2D eigenvalue weighted by Gasteiger charge is 2.35. The lowest BCUT2D eigenvalue weighted by atomic mass is 10.1. The van der Waals surface area contributed by atoms with Gasteiger partial charge in [0.15, 0.2) is 0 Å². The zero-order valence-corrected chi connectivity index (χ0v) is 11.6. The monoisotopic (exact) mass is 250 g/mol. The lowest BCUT2D eigenvalue weighted by molar-refractivity contribution is 0.391. The SMILES string of the molecule is Cc1csc([C@H](N[C@H](C)CC2CC2)C2CC2)n1. The molecule has 1 aromatic rings. The molecule has 0 saturated heterocycles. The highest BCUT2D eigenvalue weighted by molar-refractivity contribution is 7.09. The van der Waals surface area contributed by atoms with Crippen molar-refractivity contribution in [2.24, 2.45) is 11.8 Å². The zero-order chi connectivity index (χ0) is 11.8. The van der Waals surface area contributed by atoms with Gasteiger partial charge in [0.2, 0.25) is 0 Å². The average Bonchev–Trinajstić information content (AvgIpc) is 3.17. The van der Waals surface area contributed by atoms with E-state index in [2.05, 4.69) is 29.5 Å². The first-order valence-electron chi connectivity index (χ1n) is 6.90. The van der Waals surface area contributed by atoms with Crippen LogP contribution in [0.15, 0.2) is 5.38 Å². The van der Waals surface area contributed by atoms with Crippen molar-refractivity contribution < 1.29 is 0 Å². The second-order valence-corrected chi connectivity index (χ2v) is 6.78. The molecule has 94 valence electrons. The Balaban J connectivity index is 1.62. The van der Waals surface area contributed by atoms with Gasteiger partial charge < -0.3 is 5.32 Å². The maximum atomic E-state index is 4.68. The quantitative estimate of drug-likeness (QED) is 0.833. The first kappa shape index (κ1) is 11.7. The first-order chi connectivity index (χ1) is 8.22. The molecule has 0 amide bonds. The van der Waals surface area contributed by atoms with Gasteiger partial charge in [-0.2, -0.15) is 0 Å². The average molecular weight is 250 g/mol. The maximum Gasteiger partial charge on any atom is 0.110 e. The second kappa shape index (κ2) is 4.69. The summed E-state index contributed by atoms with van der Waals surface area (Å²) in [6, 6.07) is 1.18. The molecular formula is C14H22N2S. The predicted molar refractivity (Wildman–Crippen MR) is 72.3 cm³/mol. The highest BCUT2D eigenvalue weighted by atomic mass is 32.1. The first-order valence-corrected chi connectivity index (χ1v) is 7.78. The number of thiazole rings is 1. The Kier molecular flexibility index (Phi) is 3.22. The molecule has 0 spiro atoms. The summed E-state index contributed by atoms with van der Waals surface area (Å²) in [6.45, 7) is 4.44. The van der Waals surface area contributed by atoms with Crippen LogP contribution in [0.4, 0.5) is 0 Å². The van der Waals surface area contributed by atoms with Crippen LogP contribution in [-0.2, 0) is 0 Å². The Labute approximate surface area is 108 Å². The van der Waals surface area contributed by atoms with E-state index in [1.165, 1.54) is 42.8 Å². The van der Waals surface area contributed by atoms with Crippen molar-refractivity contribution in [3.05, 3.63) is 16.1 Å². The maximum absolute atomic E-state index is 4.68. The fraction of sp³-hybridized carbons (Fsp3) is 0.786. The number of nitrogens with one attached hydrogen (secondary N) is 1. The highest BCUT2D eigenvalue weighted by Crippen LogP contribution is 2.42. The van der Waals surface area contributed by atoms with Gasteiger partial charge in [-0.15, -0.1) is 11.3 Å². The third kappa shape index (κ3) is 3.08. The van der Waals surface area contributed by atoms with Crippen molar-refractivity contribution in [1.29, 1.82) is 0 Å². The van der Waals surface area contributed by atoms with E-state index >= 15 is 0 Å². The molecule has 2 fully saturated rings. The Hall–Kier alpha value is -0.410. The summed E-state index contributed by atoms with van der Waals surface area (Å²) < 4.78 is 0. The fourth-order valence-corrected chi connectivity index (χ4v) is 3.53. The van der Waals surface area contributed by atoms with Crippen LogP contribution >= 0.6 is 11.3 Å². The van der Waals surface area contributed by atoms with Crippen LogP contribution in [0, 0.1) is 18.8 Å². The molecule has 2 aliphatic rings. The largest absolute Gasteiger partial charge is 0.305 e. The number of aromatic nitrogens is 1. The number of aryl methyl sites for hydroxylation is 1. The molecule has 2 atom stereocenters. The van der Waals surface area contributed by atoms with Crippen LogP contribution in [0.3, 0.4) is 0 Å². The van der Waals surface area contributed by atoms with E-state index in [9.17, 15) is 0 Å². The minimum Gasteiger partial charge on any atom is -0.305 e. The van der Waals surface area contributed by atoms with Crippen LogP contribution in [0.1, 0.15) is 55.8 Å². The topological polar surface area (TPSA) is 24.9 Å². The molecule has 17 heavy (non-hydrogen) atoms. The van der Waals surface area contributed by atoms with Gasteiger partial charge in [-0.25, -0.2) is 4.98 Å². The van der Waals surface area contributed by atoms with Crippen molar-refractivity contribution in [2.45, 2.75) is 58.0 Å². The third-order valence-electron chi connectivity index (χ3n) is 3.84. The Morgan fingerprint density at radius 3 is 2.71 bits per heavy atom. The molecule has 2 saturated carbocycles. The summed E-state index contributed by atoms with van der Waals surface area (Å²) in [7, 11) is 0. The van der Waals surface area contributed by atoms with Crippen LogP contribution < -0.4 is 5.32 Å². The number of hydrogen-bond acceptors (Lipinski definition) is 3. The normalized spacial score (nSPS) is 23.6. The van der Waals surface area contributed by atoms with Gasteiger partial charge in [0.1, 0.15) is 5.01 Å². The summed E-state index contributed by atoms with van der Waals surface area (Å²) >= 11 is 1.83. The van der Waals surface area contributed by atoms with Crippen molar-refractivity contribution in [3.63, 3.8) is 0 Å². The van der Waals surface area contributed by atoms with Crippen LogP contribution in [0.5, 0.6) is 0 Å². The van der Waals surface area contributed by atoms with Gasteiger partial charge in [-0.3, -0.25) is 0 Å². The van der Waals surface area contributed by atoms with E-state index in [1.54, 1.807) is 0 Å². The number of hydrogen-bond donors (Lipinski definition) is 1. The Bertz CT molecular complexity index is 379. The lowest BCUT2D eigenvalue weighted by Crippen LogP contribution is -2.32. The van der Waals surface area contributed by atoms with E-state index in [1.807, 2.05) is 11.3 Å². The van der Waals surface area contributed by atoms with Crippen molar-refractivity contribution in [2.75, 3.05) is 0 Å². The molecular weight excluding hydrogens is 228 g/mol. The molecule has 0 aliphatic heterocycles. The summed E-state index contributed by atoms with van der Waals surface area (Å²) in [6.07, 6.45) is 7.03. The van der Waals surface area contributed by atoms with E-state index in [0.717, 1.165) is 11.8 Å². The van der Waals surface area contributed by atoms with Crippen LogP contribution in [-0.4, -0.2) is 11.0 Å². The molecule has 2 nitrogen and oxygen atoms in total. The van der Waals surface area contributed by atoms with Gasteiger partial charge >= 0.3 is 0 Å². The molecule has 0 aromatic carbocycles. The molecule has 1 N–H and O–H groups in total. The lowest BCUT2D eigenvalue weighted by Gasteiger charge is -2.21. The number of rotatable bonds is 6. The van der Waals surface area contributed by atoms with E-state index in [4.69, 9.17) is 0 Å². The van der Waals surface area contributed by atoms with Crippen molar-refractivity contribution >= 4 is 11.3 Å². The fourth-order valence-electron chi connectivity index (χ4n) is 2.58. The van der Waals surface area contributed by atoms with Gasteiger partial charge in [0, 0.05) is 17.1 Å². The van der Waals surface area contributed by atoms with E-state index < -0.39 is 0 Å². The van der Waals surface area contributed by atoms with E-state index in [0.29, 0.717) is 12.1 Å². The molecule has 0 bridgehead atoms. The van der Waals surface area contributed by atoms with Crippen LogP contribution in [0.2, 0.25) is 0 Å². The zero-order valence-electron chi connectivity index (χ0n) is 10.8. The minimum atomic E-state index is 0.530. The standard InChI is InChI=1S/C14H22N2S/c1-9(7-11-3-4-11)15-13(12-5-6-12)14-16-10(2)8-17-14/h8-9,11-13,15H,3-7H2,1-2H3/t9-,13-/m1/s1. The van der Waals surface area contributed by atoms with Crippen molar-refractivity contribution in [1.82, 2.24) is 10.3 Å². The van der Waals surface area contributed by atoms with E-state index in [-0.39, 0.29) is 0 Å². The molecule has 0 unspecified atom stereocenters. The van der Waals surface area contributed by atoms with Gasteiger partial charge in [0.05, 0.1) is 6.04 Å². The molecule has 1 aromatic heterocycles. The summed E-state index contributed by atoms with van der Waals surface area (Å²) in [5.41, 5.74) is 1.17. The summed E-state index contributed by atoms with van der Waals surface area (Å²) in [5, 5.41) is 7.32. The smallest absolute Gasteiger partial charge is 0.110 e. The molecule has 1 heterocycles. The summed E-state index contributed by atoms with van der Waals surface area (Å²) in [5.74, 6) is 1.86. The van der Waals surface area contributed by atoms with Crippen molar-refractivity contribution in [3.8, 4) is 0 Å². The van der Waals surface area contributed by atoms with Crippen LogP contribution in [0.25, 0.3) is 0 Å². The molecule has 0 radical (unpaired) electrons. The van der Waals surface area contributed by atoms with Gasteiger partial charge in [-0.1, -0.05) is 12.8 Å². The molecule has 3 heteroatoms. The number of nitrogens with zero attached hydrogens (tertiary/aromatic N) is 1. The predicted octanol–water partition coefficient (Wildman–Crippen LogP) is 3.68. The Morgan fingerprint density at radius 2 is 2.18 bits per heavy atom.